The highest BCUT2D eigenvalue weighted by atomic mass is 32.2. The Balaban J connectivity index is 1.79. The molecule has 3 aromatic rings. The fourth-order valence-electron chi connectivity index (χ4n) is 2.23. The molecule has 0 aliphatic carbocycles. The number of nitrogens with one attached hydrogen (secondary N) is 1. The second-order valence-electron chi connectivity index (χ2n) is 5.23. The van der Waals surface area contributed by atoms with Crippen molar-refractivity contribution in [2.45, 2.75) is 4.90 Å². The highest BCUT2D eigenvalue weighted by Gasteiger charge is 2.15. The van der Waals surface area contributed by atoms with Crippen LogP contribution in [0.2, 0.25) is 0 Å². The first-order valence-corrected chi connectivity index (χ1v) is 9.45. The van der Waals surface area contributed by atoms with Gasteiger partial charge in [0, 0.05) is 16.7 Å². The zero-order chi connectivity index (χ0) is 18.7. The lowest BCUT2D eigenvalue weighted by molar-refractivity contribution is 0.102. The van der Waals surface area contributed by atoms with E-state index in [-0.39, 0.29) is 17.4 Å². The molecule has 0 atom stereocenters. The van der Waals surface area contributed by atoms with Gasteiger partial charge in [-0.25, -0.2) is 9.37 Å². The Bertz CT molecular complexity index is 971. The molecule has 0 aliphatic rings. The molecule has 0 spiro atoms. The molecule has 0 fully saturated rings. The molecule has 0 saturated heterocycles. The maximum absolute atomic E-state index is 13.6. The number of aromatic nitrogens is 1. The highest BCUT2D eigenvalue weighted by Crippen LogP contribution is 2.30. The van der Waals surface area contributed by atoms with E-state index >= 15 is 0 Å². The standard InChI is InChI=1S/C18H13FN2O3S2/c1-25-13-4-2-10(3-5-13)15-8-20-18(26-15)21-17(24)11-6-12(9-22)16(23)14(19)7-11/h2-9,23H,1H3,(H,20,21,24). The monoisotopic (exact) mass is 388 g/mol. The molecule has 1 aromatic heterocycles. The minimum absolute atomic E-state index is 0.0801. The fourth-order valence-corrected chi connectivity index (χ4v) is 3.46. The summed E-state index contributed by atoms with van der Waals surface area (Å²) in [6, 6.07) is 9.92. The number of aldehydes is 1. The maximum atomic E-state index is 13.6. The van der Waals surface area contributed by atoms with Crippen molar-refractivity contribution >= 4 is 40.4 Å². The van der Waals surface area contributed by atoms with Gasteiger partial charge in [-0.05, 0) is 36.1 Å². The molecule has 3 rings (SSSR count). The van der Waals surface area contributed by atoms with Gasteiger partial charge in [0.1, 0.15) is 0 Å². The molecule has 132 valence electrons. The molecule has 0 radical (unpaired) electrons. The quantitative estimate of drug-likeness (QED) is 0.499. The lowest BCUT2D eigenvalue weighted by atomic mass is 10.1. The van der Waals surface area contributed by atoms with Crippen molar-refractivity contribution in [3.63, 3.8) is 0 Å². The van der Waals surface area contributed by atoms with Crippen LogP contribution in [-0.4, -0.2) is 28.5 Å². The Hall–Kier alpha value is -2.71. The van der Waals surface area contributed by atoms with Gasteiger partial charge < -0.3 is 5.11 Å². The first-order chi connectivity index (χ1) is 12.5. The van der Waals surface area contributed by atoms with E-state index < -0.39 is 17.5 Å². The van der Waals surface area contributed by atoms with Crippen LogP contribution < -0.4 is 5.32 Å². The number of nitrogens with zero attached hydrogens (tertiary/aromatic N) is 1. The van der Waals surface area contributed by atoms with Crippen molar-refractivity contribution < 1.29 is 19.1 Å². The largest absolute Gasteiger partial charge is 0.504 e. The normalized spacial score (nSPS) is 10.5. The number of amides is 1. The Morgan fingerprint density at radius 2 is 2.04 bits per heavy atom. The number of phenolic OH excluding ortho intramolecular Hbond substituents is 1. The van der Waals surface area contributed by atoms with Crippen molar-refractivity contribution in [3.8, 4) is 16.2 Å². The molecule has 0 bridgehead atoms. The minimum atomic E-state index is -1.03. The van der Waals surface area contributed by atoms with Crippen molar-refractivity contribution in [2.75, 3.05) is 11.6 Å². The van der Waals surface area contributed by atoms with Gasteiger partial charge in [0.25, 0.3) is 5.91 Å². The number of thioether (sulfide) groups is 1. The third-order valence-corrected chi connectivity index (χ3v) is 5.29. The summed E-state index contributed by atoms with van der Waals surface area (Å²) in [5, 5.41) is 12.3. The number of aromatic hydroxyl groups is 1. The van der Waals surface area contributed by atoms with E-state index in [0.717, 1.165) is 27.5 Å². The Labute approximate surface area is 156 Å². The number of phenols is 1. The second-order valence-corrected chi connectivity index (χ2v) is 7.14. The first-order valence-electron chi connectivity index (χ1n) is 7.41. The Morgan fingerprint density at radius 1 is 1.31 bits per heavy atom. The molecule has 0 aliphatic heterocycles. The van der Waals surface area contributed by atoms with Gasteiger partial charge in [-0.2, -0.15) is 0 Å². The molecule has 26 heavy (non-hydrogen) atoms. The van der Waals surface area contributed by atoms with Crippen molar-refractivity contribution in [1.29, 1.82) is 0 Å². The number of hydrogen-bond acceptors (Lipinski definition) is 6. The van der Waals surface area contributed by atoms with E-state index in [9.17, 15) is 19.1 Å². The molecule has 1 heterocycles. The lowest BCUT2D eigenvalue weighted by Crippen LogP contribution is -2.12. The molecule has 5 nitrogen and oxygen atoms in total. The summed E-state index contributed by atoms with van der Waals surface area (Å²) in [5.41, 5.74) is 0.604. The summed E-state index contributed by atoms with van der Waals surface area (Å²) in [7, 11) is 0. The third-order valence-electron chi connectivity index (χ3n) is 3.58. The number of thiazole rings is 1. The number of halogens is 1. The van der Waals surface area contributed by atoms with Crippen molar-refractivity contribution in [3.05, 3.63) is 59.5 Å². The molecule has 1 amide bonds. The summed E-state index contributed by atoms with van der Waals surface area (Å²) >= 11 is 2.92. The molecule has 2 aromatic carbocycles. The van der Waals surface area contributed by atoms with Gasteiger partial charge in [-0.1, -0.05) is 23.5 Å². The molecular weight excluding hydrogens is 375 g/mol. The van der Waals surface area contributed by atoms with Crippen LogP contribution in [0.25, 0.3) is 10.4 Å². The van der Waals surface area contributed by atoms with E-state index in [1.165, 1.54) is 11.3 Å². The predicted molar refractivity (Wildman–Crippen MR) is 101 cm³/mol. The minimum Gasteiger partial charge on any atom is -0.504 e. The Kier molecular flexibility index (Phi) is 5.34. The Morgan fingerprint density at radius 3 is 2.69 bits per heavy atom. The number of carbonyl (C=O) groups is 2. The van der Waals surface area contributed by atoms with Crippen molar-refractivity contribution in [1.82, 2.24) is 4.98 Å². The molecule has 0 saturated carbocycles. The topological polar surface area (TPSA) is 79.3 Å². The fraction of sp³-hybridized carbons (Fsp3) is 0.0556. The maximum Gasteiger partial charge on any atom is 0.257 e. The average Bonchev–Trinajstić information content (AvgIpc) is 3.12. The van der Waals surface area contributed by atoms with Gasteiger partial charge in [-0.15, -0.1) is 11.8 Å². The average molecular weight is 388 g/mol. The zero-order valence-electron chi connectivity index (χ0n) is 13.5. The van der Waals surface area contributed by atoms with Crippen LogP contribution in [0.4, 0.5) is 9.52 Å². The number of carbonyl (C=O) groups excluding carboxylic acids is 2. The smallest absolute Gasteiger partial charge is 0.257 e. The van der Waals surface area contributed by atoms with Crippen LogP contribution >= 0.6 is 23.1 Å². The lowest BCUT2D eigenvalue weighted by Gasteiger charge is -2.05. The summed E-state index contributed by atoms with van der Waals surface area (Å²) in [4.78, 5) is 29.3. The van der Waals surface area contributed by atoms with Gasteiger partial charge in [0.2, 0.25) is 0 Å². The summed E-state index contributed by atoms with van der Waals surface area (Å²) in [6.45, 7) is 0. The van der Waals surface area contributed by atoms with Crippen LogP contribution in [-0.2, 0) is 0 Å². The summed E-state index contributed by atoms with van der Waals surface area (Å²) in [6.07, 6.45) is 3.93. The SMILES string of the molecule is CSc1ccc(-c2cnc(NC(=O)c3cc(F)c(O)c(C=O)c3)s2)cc1. The number of rotatable bonds is 5. The number of hydrogen-bond donors (Lipinski definition) is 2. The van der Waals surface area contributed by atoms with E-state index in [1.807, 2.05) is 30.5 Å². The molecule has 8 heteroatoms. The first kappa shape index (κ1) is 18.1. The predicted octanol–water partition coefficient (Wildman–Crippen LogP) is 4.44. The van der Waals surface area contributed by atoms with Crippen LogP contribution in [0.5, 0.6) is 5.75 Å². The number of benzene rings is 2. The van der Waals surface area contributed by atoms with E-state index in [2.05, 4.69) is 10.3 Å². The molecule has 2 N–H and O–H groups in total. The van der Waals surface area contributed by atoms with Gasteiger partial charge >= 0.3 is 0 Å². The van der Waals surface area contributed by atoms with Crippen LogP contribution in [0.3, 0.4) is 0 Å². The van der Waals surface area contributed by atoms with Crippen LogP contribution in [0.1, 0.15) is 20.7 Å². The van der Waals surface area contributed by atoms with Crippen LogP contribution in [0.15, 0.2) is 47.5 Å². The van der Waals surface area contributed by atoms with Gasteiger partial charge in [0.15, 0.2) is 23.0 Å². The van der Waals surface area contributed by atoms with E-state index in [0.29, 0.717) is 5.13 Å². The number of anilines is 1. The van der Waals surface area contributed by atoms with E-state index in [4.69, 9.17) is 0 Å². The van der Waals surface area contributed by atoms with E-state index in [1.54, 1.807) is 18.0 Å². The summed E-state index contributed by atoms with van der Waals surface area (Å²) in [5.74, 6) is -2.43. The third kappa shape index (κ3) is 3.76. The second kappa shape index (κ2) is 7.67. The summed E-state index contributed by atoms with van der Waals surface area (Å²) < 4.78 is 13.6. The zero-order valence-corrected chi connectivity index (χ0v) is 15.2. The van der Waals surface area contributed by atoms with Crippen molar-refractivity contribution in [2.24, 2.45) is 0 Å². The van der Waals surface area contributed by atoms with Gasteiger partial charge in [-0.3, -0.25) is 14.9 Å². The highest BCUT2D eigenvalue weighted by molar-refractivity contribution is 7.98. The molecular formula is C18H13FN2O3S2. The molecule has 0 unspecified atom stereocenters. The van der Waals surface area contributed by atoms with Crippen LogP contribution in [0, 0.1) is 5.82 Å². The van der Waals surface area contributed by atoms with Gasteiger partial charge in [0.05, 0.1) is 10.4 Å².